The summed E-state index contributed by atoms with van der Waals surface area (Å²) >= 11 is 0. The predicted molar refractivity (Wildman–Crippen MR) is 146 cm³/mol. The molecule has 1 aromatic carbocycles. The van der Waals surface area contributed by atoms with Gasteiger partial charge in [0.25, 0.3) is 0 Å². The highest BCUT2D eigenvalue weighted by Gasteiger charge is 2.57. The van der Waals surface area contributed by atoms with Crippen LogP contribution < -0.4 is 15.5 Å². The molecule has 3 aromatic rings. The molecule has 11 nitrogen and oxygen atoms in total. The number of rotatable bonds is 7. The molecule has 200 valence electrons. The van der Waals surface area contributed by atoms with E-state index in [2.05, 4.69) is 34.1 Å². The molecule has 2 aromatic heterocycles. The van der Waals surface area contributed by atoms with Crippen LogP contribution in [0.5, 0.6) is 0 Å². The zero-order valence-corrected chi connectivity index (χ0v) is 22.5. The van der Waals surface area contributed by atoms with Crippen molar-refractivity contribution in [1.82, 2.24) is 19.7 Å². The lowest BCUT2D eigenvalue weighted by molar-refractivity contribution is 0.0985. The van der Waals surface area contributed by atoms with Gasteiger partial charge in [0.2, 0.25) is 0 Å². The first kappa shape index (κ1) is 25.9. The van der Waals surface area contributed by atoms with Gasteiger partial charge in [-0.3, -0.25) is 4.68 Å². The number of nitrogens with one attached hydrogen (secondary N) is 2. The normalized spacial score (nSPS) is 18.6. The summed E-state index contributed by atoms with van der Waals surface area (Å²) in [7, 11) is -1.84. The Morgan fingerprint density at radius 1 is 1.16 bits per heavy atom. The van der Waals surface area contributed by atoms with E-state index in [4.69, 9.17) is 14.7 Å². The van der Waals surface area contributed by atoms with Crippen molar-refractivity contribution < 1.29 is 17.9 Å². The predicted octanol–water partition coefficient (Wildman–Crippen LogP) is 3.68. The van der Waals surface area contributed by atoms with Crippen LogP contribution in [0, 0.1) is 0 Å². The van der Waals surface area contributed by atoms with Crippen LogP contribution in [0.25, 0.3) is 11.4 Å². The Labute approximate surface area is 221 Å². The van der Waals surface area contributed by atoms with Crippen LogP contribution in [0.4, 0.5) is 22.0 Å². The van der Waals surface area contributed by atoms with E-state index in [-0.39, 0.29) is 10.9 Å². The van der Waals surface area contributed by atoms with E-state index in [9.17, 15) is 13.2 Å². The van der Waals surface area contributed by atoms with E-state index >= 15 is 0 Å². The first-order valence-corrected chi connectivity index (χ1v) is 13.9. The van der Waals surface area contributed by atoms with Crippen LogP contribution >= 0.6 is 0 Å². The van der Waals surface area contributed by atoms with Crippen LogP contribution in [0.3, 0.4) is 0 Å². The van der Waals surface area contributed by atoms with Gasteiger partial charge in [-0.05, 0) is 51.0 Å². The third kappa shape index (κ3) is 4.88. The molecule has 1 aliphatic carbocycles. The maximum Gasteiger partial charge on any atom is 0.323 e. The molecule has 12 heteroatoms. The summed E-state index contributed by atoms with van der Waals surface area (Å²) in [5.74, 6) is 1.09. The maximum absolute atomic E-state index is 13.2. The van der Waals surface area contributed by atoms with Gasteiger partial charge in [0, 0.05) is 42.0 Å². The van der Waals surface area contributed by atoms with Gasteiger partial charge in [-0.2, -0.15) is 5.10 Å². The molecule has 0 radical (unpaired) electrons. The number of morpholine rings is 1. The fourth-order valence-electron chi connectivity index (χ4n) is 4.60. The number of urea groups is 1. The average Bonchev–Trinajstić information content (AvgIpc) is 3.62. The minimum absolute atomic E-state index is 0.0807. The van der Waals surface area contributed by atoms with Crippen molar-refractivity contribution in [3.63, 3.8) is 0 Å². The molecule has 3 heterocycles. The summed E-state index contributed by atoms with van der Waals surface area (Å²) in [5, 5.41) is 9.54. The number of sulfone groups is 1. The van der Waals surface area contributed by atoms with Crippen molar-refractivity contribution in [2.75, 3.05) is 35.3 Å². The van der Waals surface area contributed by atoms with E-state index in [0.717, 1.165) is 0 Å². The minimum Gasteiger partial charge on any atom is -0.377 e. The summed E-state index contributed by atoms with van der Waals surface area (Å²) in [6.45, 7) is 9.07. The van der Waals surface area contributed by atoms with Crippen molar-refractivity contribution in [2.45, 2.75) is 37.5 Å². The number of benzene rings is 1. The summed E-state index contributed by atoms with van der Waals surface area (Å²) in [6.07, 6.45) is 4.23. The molecular formula is C26H31N7O4S. The average molecular weight is 538 g/mol. The van der Waals surface area contributed by atoms with Gasteiger partial charge in [0.05, 0.1) is 36.8 Å². The second-order valence-corrected chi connectivity index (χ2v) is 12.3. The molecule has 0 bridgehead atoms. The van der Waals surface area contributed by atoms with Gasteiger partial charge in [-0.25, -0.2) is 23.2 Å². The molecule has 2 amide bonds. The number of aryl methyl sites for hydroxylation is 1. The zero-order valence-electron chi connectivity index (χ0n) is 21.6. The second kappa shape index (κ2) is 9.84. The SMILES string of the molecule is C=C(C)S(=O)(=O)C1(c2cc(N3CCOC[C@@H]3C)nc(-c3ccc(NC(=O)Nc4cnn(C)c4)cc3)n2)CC1. The molecular weight excluding hydrogens is 506 g/mol. The number of amides is 2. The van der Waals surface area contributed by atoms with Gasteiger partial charge >= 0.3 is 6.03 Å². The number of hydrogen-bond acceptors (Lipinski definition) is 8. The van der Waals surface area contributed by atoms with Crippen molar-refractivity contribution in [3.05, 3.63) is 59.9 Å². The summed E-state index contributed by atoms with van der Waals surface area (Å²) < 4.78 is 32.6. The molecule has 5 rings (SSSR count). The van der Waals surface area contributed by atoms with Crippen molar-refractivity contribution in [2.24, 2.45) is 7.05 Å². The molecule has 1 saturated heterocycles. The highest BCUT2D eigenvalue weighted by molar-refractivity contribution is 7.96. The van der Waals surface area contributed by atoms with Crippen molar-refractivity contribution >= 4 is 33.1 Å². The van der Waals surface area contributed by atoms with Gasteiger partial charge in [-0.15, -0.1) is 0 Å². The first-order valence-electron chi connectivity index (χ1n) is 12.4. The molecule has 1 saturated carbocycles. The molecule has 1 atom stereocenters. The van der Waals surface area contributed by atoms with Gasteiger partial charge in [0.15, 0.2) is 15.7 Å². The summed E-state index contributed by atoms with van der Waals surface area (Å²) in [6, 6.07) is 8.60. The van der Waals surface area contributed by atoms with Gasteiger partial charge in [0.1, 0.15) is 10.6 Å². The molecule has 1 aliphatic heterocycles. The lowest BCUT2D eigenvalue weighted by Crippen LogP contribution is -2.44. The topological polar surface area (TPSA) is 131 Å². The van der Waals surface area contributed by atoms with Crippen LogP contribution in [0.1, 0.15) is 32.4 Å². The highest BCUT2D eigenvalue weighted by atomic mass is 32.2. The molecule has 2 aliphatic rings. The number of ether oxygens (including phenoxy) is 1. The lowest BCUT2D eigenvalue weighted by Gasteiger charge is -2.34. The Morgan fingerprint density at radius 2 is 1.87 bits per heavy atom. The van der Waals surface area contributed by atoms with E-state index in [1.807, 2.05) is 0 Å². The quantitative estimate of drug-likeness (QED) is 0.467. The Balaban J connectivity index is 1.46. The molecule has 0 unspecified atom stereocenters. The standard InChI is InChI=1S/C26H31N7O4S/c1-17(2)38(35,36)26(9-10-26)22-13-23(33-11-12-37-16-18(33)3)31-24(30-22)19-5-7-20(8-6-19)28-25(34)29-21-14-27-32(4)15-21/h5-8,13-15,18H,1,9-12,16H2,2-4H3,(H2,28,29,34)/t18-/m0/s1. The minimum atomic E-state index is -3.61. The summed E-state index contributed by atoms with van der Waals surface area (Å²) in [5.41, 5.74) is 2.35. The molecule has 2 fully saturated rings. The first-order chi connectivity index (χ1) is 18.1. The Hall–Kier alpha value is -3.77. The van der Waals surface area contributed by atoms with E-state index in [0.29, 0.717) is 66.9 Å². The van der Waals surface area contributed by atoms with Crippen LogP contribution in [-0.2, 0) is 26.4 Å². The van der Waals surface area contributed by atoms with E-state index in [1.54, 1.807) is 54.5 Å². The number of carbonyl (C=O) groups is 1. The Morgan fingerprint density at radius 3 is 2.47 bits per heavy atom. The molecule has 0 spiro atoms. The smallest absolute Gasteiger partial charge is 0.323 e. The number of allylic oxidation sites excluding steroid dienone is 1. The second-order valence-electron chi connectivity index (χ2n) is 9.81. The molecule has 2 N–H and O–H groups in total. The van der Waals surface area contributed by atoms with Crippen LogP contribution in [0.15, 0.2) is 54.2 Å². The van der Waals surface area contributed by atoms with Crippen molar-refractivity contribution in [1.29, 1.82) is 0 Å². The number of aromatic nitrogens is 4. The number of nitrogens with zero attached hydrogens (tertiary/aromatic N) is 5. The monoisotopic (exact) mass is 537 g/mol. The maximum atomic E-state index is 13.2. The summed E-state index contributed by atoms with van der Waals surface area (Å²) in [4.78, 5) is 24.2. The van der Waals surface area contributed by atoms with Gasteiger partial charge in [-0.1, -0.05) is 6.58 Å². The zero-order chi connectivity index (χ0) is 27.1. The fraction of sp³-hybridized carbons (Fsp3) is 0.385. The highest BCUT2D eigenvalue weighted by Crippen LogP contribution is 2.54. The van der Waals surface area contributed by atoms with Gasteiger partial charge < -0.3 is 20.3 Å². The Bertz CT molecular complexity index is 1480. The largest absolute Gasteiger partial charge is 0.377 e. The van der Waals surface area contributed by atoms with Crippen LogP contribution in [-0.4, -0.2) is 60.0 Å². The Kier molecular flexibility index (Phi) is 6.70. The number of hydrogen-bond donors (Lipinski definition) is 2. The fourth-order valence-corrected chi connectivity index (χ4v) is 6.29. The number of carbonyl (C=O) groups excluding carboxylic acids is 1. The molecule has 38 heavy (non-hydrogen) atoms. The van der Waals surface area contributed by atoms with E-state index in [1.165, 1.54) is 6.92 Å². The van der Waals surface area contributed by atoms with Crippen molar-refractivity contribution in [3.8, 4) is 11.4 Å². The van der Waals surface area contributed by atoms with E-state index < -0.39 is 20.6 Å². The third-order valence-electron chi connectivity index (χ3n) is 6.88. The van der Waals surface area contributed by atoms with Crippen LogP contribution in [0.2, 0.25) is 0 Å². The number of anilines is 3. The lowest BCUT2D eigenvalue weighted by atomic mass is 10.1. The third-order valence-corrected chi connectivity index (χ3v) is 9.45.